The summed E-state index contributed by atoms with van der Waals surface area (Å²) in [5.74, 6) is -9.92. The smallest absolute Gasteiger partial charge is 0.252 e. The molecular formula is C10H7F6N. The second kappa shape index (κ2) is 3.38. The molecule has 1 aromatic carbocycles. The van der Waals surface area contributed by atoms with Crippen molar-refractivity contribution >= 4 is 0 Å². The molecule has 0 heterocycles. The van der Waals surface area contributed by atoms with E-state index in [9.17, 15) is 26.3 Å². The third-order valence-corrected chi connectivity index (χ3v) is 2.76. The number of hydrogen-bond acceptors (Lipinski definition) is 1. The SMILES string of the molecule is NC1(c2c(F)c(F)cc(F)c2F)CC(F)(F)C1. The Morgan fingerprint density at radius 2 is 1.35 bits per heavy atom. The fraction of sp³-hybridized carbons (Fsp3) is 0.400. The van der Waals surface area contributed by atoms with Crippen LogP contribution in [-0.4, -0.2) is 5.92 Å². The minimum atomic E-state index is -3.17. The summed E-state index contributed by atoms with van der Waals surface area (Å²) in [6, 6.07) is 0.00827. The van der Waals surface area contributed by atoms with Crippen molar-refractivity contribution in [3.05, 3.63) is 34.9 Å². The lowest BCUT2D eigenvalue weighted by Gasteiger charge is -2.44. The van der Waals surface area contributed by atoms with Crippen LogP contribution in [0.25, 0.3) is 0 Å². The van der Waals surface area contributed by atoms with Crippen LogP contribution in [-0.2, 0) is 5.54 Å². The molecule has 1 saturated carbocycles. The predicted molar refractivity (Wildman–Crippen MR) is 46.3 cm³/mol. The quantitative estimate of drug-likeness (QED) is 0.606. The van der Waals surface area contributed by atoms with Gasteiger partial charge < -0.3 is 5.73 Å². The molecule has 0 spiro atoms. The summed E-state index contributed by atoms with van der Waals surface area (Å²) < 4.78 is 77.7. The molecule has 1 aromatic rings. The highest BCUT2D eigenvalue weighted by Gasteiger charge is 2.57. The number of rotatable bonds is 1. The zero-order valence-corrected chi connectivity index (χ0v) is 8.34. The molecule has 1 aliphatic carbocycles. The Morgan fingerprint density at radius 1 is 0.941 bits per heavy atom. The standard InChI is InChI=1S/C10H7F6N/c11-4-1-5(12)8(14)6(7(4)13)9(17)2-10(15,16)3-9/h1H,2-3,17H2. The van der Waals surface area contributed by atoms with Crippen molar-refractivity contribution in [2.45, 2.75) is 24.3 Å². The number of nitrogens with two attached hydrogens (primary N) is 1. The van der Waals surface area contributed by atoms with Gasteiger partial charge in [0.25, 0.3) is 5.92 Å². The lowest BCUT2D eigenvalue weighted by atomic mass is 9.69. The molecule has 1 nitrogen and oxygen atoms in total. The summed E-state index contributed by atoms with van der Waals surface area (Å²) in [6.45, 7) is 0. The summed E-state index contributed by atoms with van der Waals surface area (Å²) in [5.41, 5.74) is 2.13. The van der Waals surface area contributed by atoms with E-state index in [-0.39, 0.29) is 6.07 Å². The third kappa shape index (κ3) is 1.78. The van der Waals surface area contributed by atoms with Gasteiger partial charge >= 0.3 is 0 Å². The van der Waals surface area contributed by atoms with Gasteiger partial charge in [-0.05, 0) is 0 Å². The van der Waals surface area contributed by atoms with Crippen molar-refractivity contribution in [2.75, 3.05) is 0 Å². The Balaban J connectivity index is 2.54. The average Bonchev–Trinajstić information content (AvgIpc) is 2.11. The molecule has 0 amide bonds. The molecule has 2 N–H and O–H groups in total. The lowest BCUT2D eigenvalue weighted by molar-refractivity contribution is -0.127. The van der Waals surface area contributed by atoms with Gasteiger partial charge in [0.2, 0.25) is 0 Å². The molecule has 1 aliphatic rings. The van der Waals surface area contributed by atoms with Crippen LogP contribution in [0, 0.1) is 23.3 Å². The molecule has 0 radical (unpaired) electrons. The van der Waals surface area contributed by atoms with E-state index in [2.05, 4.69) is 0 Å². The van der Waals surface area contributed by atoms with Crippen LogP contribution in [0.15, 0.2) is 6.07 Å². The Morgan fingerprint density at radius 3 is 1.71 bits per heavy atom. The first-order valence-corrected chi connectivity index (χ1v) is 4.66. The summed E-state index contributed by atoms with van der Waals surface area (Å²) in [5, 5.41) is 0. The molecule has 0 atom stereocenters. The monoisotopic (exact) mass is 255 g/mol. The van der Waals surface area contributed by atoms with Crippen LogP contribution in [0.5, 0.6) is 0 Å². The van der Waals surface area contributed by atoms with Crippen LogP contribution in [0.4, 0.5) is 26.3 Å². The molecule has 0 bridgehead atoms. The molecule has 0 aliphatic heterocycles. The number of alkyl halides is 2. The highest BCUT2D eigenvalue weighted by atomic mass is 19.3. The van der Waals surface area contributed by atoms with E-state index < -0.39 is 53.1 Å². The van der Waals surface area contributed by atoms with E-state index in [1.807, 2.05) is 0 Å². The van der Waals surface area contributed by atoms with Gasteiger partial charge in [-0.25, -0.2) is 26.3 Å². The third-order valence-electron chi connectivity index (χ3n) is 2.76. The second-order valence-electron chi connectivity index (χ2n) is 4.21. The van der Waals surface area contributed by atoms with Crippen LogP contribution in [0.3, 0.4) is 0 Å². The first-order chi connectivity index (χ1) is 7.66. The molecule has 2 rings (SSSR count). The zero-order chi connectivity index (χ0) is 13.0. The largest absolute Gasteiger partial charge is 0.321 e. The van der Waals surface area contributed by atoms with Gasteiger partial charge in [-0.1, -0.05) is 0 Å². The zero-order valence-electron chi connectivity index (χ0n) is 8.34. The molecule has 0 saturated heterocycles. The maximum atomic E-state index is 13.3. The Kier molecular flexibility index (Phi) is 2.43. The van der Waals surface area contributed by atoms with E-state index in [0.717, 1.165) is 0 Å². The van der Waals surface area contributed by atoms with Gasteiger partial charge in [-0.15, -0.1) is 0 Å². The van der Waals surface area contributed by atoms with Gasteiger partial charge in [0.15, 0.2) is 23.3 Å². The minimum Gasteiger partial charge on any atom is -0.321 e. The maximum absolute atomic E-state index is 13.3. The summed E-state index contributed by atoms with van der Waals surface area (Å²) in [4.78, 5) is 0. The first kappa shape index (κ1) is 12.2. The van der Waals surface area contributed by atoms with Crippen molar-refractivity contribution in [1.82, 2.24) is 0 Å². The van der Waals surface area contributed by atoms with Gasteiger partial charge in [0.1, 0.15) is 0 Å². The molecule has 1 fully saturated rings. The number of halogens is 6. The highest BCUT2D eigenvalue weighted by molar-refractivity contribution is 5.33. The Bertz CT molecular complexity index is 450. The fourth-order valence-electron chi connectivity index (χ4n) is 2.06. The van der Waals surface area contributed by atoms with E-state index in [1.165, 1.54) is 0 Å². The number of benzene rings is 1. The van der Waals surface area contributed by atoms with E-state index in [0.29, 0.717) is 0 Å². The second-order valence-corrected chi connectivity index (χ2v) is 4.21. The van der Waals surface area contributed by atoms with Crippen molar-refractivity contribution in [1.29, 1.82) is 0 Å². The van der Waals surface area contributed by atoms with Gasteiger partial charge in [0.05, 0.1) is 5.54 Å². The maximum Gasteiger partial charge on any atom is 0.252 e. The average molecular weight is 255 g/mol. The first-order valence-electron chi connectivity index (χ1n) is 4.66. The topological polar surface area (TPSA) is 26.0 Å². The van der Waals surface area contributed by atoms with Gasteiger partial charge in [-0.2, -0.15) is 0 Å². The molecule has 0 aromatic heterocycles. The molecule has 17 heavy (non-hydrogen) atoms. The van der Waals surface area contributed by atoms with Crippen LogP contribution in [0.2, 0.25) is 0 Å². The Labute approximate surface area is 92.2 Å². The van der Waals surface area contributed by atoms with Gasteiger partial charge in [0, 0.05) is 24.5 Å². The van der Waals surface area contributed by atoms with E-state index in [4.69, 9.17) is 5.73 Å². The molecule has 7 heteroatoms. The fourth-order valence-corrected chi connectivity index (χ4v) is 2.06. The van der Waals surface area contributed by atoms with Crippen molar-refractivity contribution < 1.29 is 26.3 Å². The van der Waals surface area contributed by atoms with Crippen LogP contribution in [0.1, 0.15) is 18.4 Å². The van der Waals surface area contributed by atoms with Crippen molar-refractivity contribution in [3.8, 4) is 0 Å². The summed E-state index contributed by atoms with van der Waals surface area (Å²) in [6.07, 6.45) is -2.09. The minimum absolute atomic E-state index is 0.00827. The highest BCUT2D eigenvalue weighted by Crippen LogP contribution is 2.51. The van der Waals surface area contributed by atoms with E-state index in [1.54, 1.807) is 0 Å². The van der Waals surface area contributed by atoms with Crippen molar-refractivity contribution in [2.24, 2.45) is 5.73 Å². The Hall–Kier alpha value is -1.24. The van der Waals surface area contributed by atoms with E-state index >= 15 is 0 Å². The molecule has 94 valence electrons. The molecule has 0 unspecified atom stereocenters. The van der Waals surface area contributed by atoms with Crippen LogP contribution >= 0.6 is 0 Å². The molecular weight excluding hydrogens is 248 g/mol. The number of hydrogen-bond donors (Lipinski definition) is 1. The predicted octanol–water partition coefficient (Wildman–Crippen LogP) is 2.83. The lowest BCUT2D eigenvalue weighted by Crippen LogP contribution is -2.56. The summed E-state index contributed by atoms with van der Waals surface area (Å²) >= 11 is 0. The van der Waals surface area contributed by atoms with Crippen molar-refractivity contribution in [3.63, 3.8) is 0 Å². The normalized spacial score (nSPS) is 21.1. The summed E-state index contributed by atoms with van der Waals surface area (Å²) in [7, 11) is 0. The van der Waals surface area contributed by atoms with Gasteiger partial charge in [-0.3, -0.25) is 0 Å². The van der Waals surface area contributed by atoms with Crippen LogP contribution < -0.4 is 5.73 Å².